The highest BCUT2D eigenvalue weighted by atomic mass is 16.3. The van der Waals surface area contributed by atoms with E-state index < -0.39 is 5.60 Å². The smallest absolute Gasteiger partial charge is 0.244 e. The Balaban J connectivity index is 1.86. The SMILES string of the molecule is Cc1ccccc1C=CC(=O)NCC1(O)CCCC(C)C1. The van der Waals surface area contributed by atoms with Gasteiger partial charge in [0.15, 0.2) is 0 Å². The normalized spacial score (nSPS) is 26.0. The summed E-state index contributed by atoms with van der Waals surface area (Å²) >= 11 is 0. The summed E-state index contributed by atoms with van der Waals surface area (Å²) in [5.41, 5.74) is 1.45. The van der Waals surface area contributed by atoms with Gasteiger partial charge in [-0.15, -0.1) is 0 Å². The molecule has 0 aliphatic heterocycles. The molecule has 0 saturated heterocycles. The number of amides is 1. The molecule has 0 radical (unpaired) electrons. The molecule has 0 bridgehead atoms. The topological polar surface area (TPSA) is 49.3 Å². The number of rotatable bonds is 4. The van der Waals surface area contributed by atoms with Gasteiger partial charge in [-0.3, -0.25) is 4.79 Å². The molecule has 2 rings (SSSR count). The molecule has 1 aliphatic rings. The van der Waals surface area contributed by atoms with Gasteiger partial charge in [0.05, 0.1) is 5.60 Å². The van der Waals surface area contributed by atoms with Crippen molar-refractivity contribution >= 4 is 12.0 Å². The molecule has 1 saturated carbocycles. The van der Waals surface area contributed by atoms with Crippen LogP contribution in [0.15, 0.2) is 30.3 Å². The van der Waals surface area contributed by atoms with E-state index in [0.717, 1.165) is 30.4 Å². The lowest BCUT2D eigenvalue weighted by Gasteiger charge is -2.35. The van der Waals surface area contributed by atoms with Gasteiger partial charge in [-0.25, -0.2) is 0 Å². The maximum absolute atomic E-state index is 11.9. The Morgan fingerprint density at radius 3 is 2.95 bits per heavy atom. The molecular formula is C18H25NO2. The molecule has 21 heavy (non-hydrogen) atoms. The Morgan fingerprint density at radius 2 is 2.24 bits per heavy atom. The van der Waals surface area contributed by atoms with E-state index in [0.29, 0.717) is 12.5 Å². The Bertz CT molecular complexity index is 524. The third kappa shape index (κ3) is 4.71. The minimum absolute atomic E-state index is 0.148. The minimum Gasteiger partial charge on any atom is -0.388 e. The van der Waals surface area contributed by atoms with Crippen molar-refractivity contribution in [1.29, 1.82) is 0 Å². The first-order valence-corrected chi connectivity index (χ1v) is 7.72. The van der Waals surface area contributed by atoms with Gasteiger partial charge in [0, 0.05) is 12.6 Å². The van der Waals surface area contributed by atoms with Crippen LogP contribution < -0.4 is 5.32 Å². The van der Waals surface area contributed by atoms with E-state index in [1.165, 1.54) is 12.5 Å². The maximum atomic E-state index is 11.9. The molecule has 0 heterocycles. The molecule has 2 unspecified atom stereocenters. The fourth-order valence-electron chi connectivity index (χ4n) is 3.04. The fraction of sp³-hybridized carbons (Fsp3) is 0.500. The van der Waals surface area contributed by atoms with Gasteiger partial charge in [-0.1, -0.05) is 44.0 Å². The molecule has 1 aromatic carbocycles. The Kier molecular flexibility index (Phi) is 5.18. The van der Waals surface area contributed by atoms with Crippen LogP contribution in [0.3, 0.4) is 0 Å². The zero-order valence-corrected chi connectivity index (χ0v) is 12.9. The molecule has 3 nitrogen and oxygen atoms in total. The van der Waals surface area contributed by atoms with Crippen LogP contribution in [0.5, 0.6) is 0 Å². The summed E-state index contributed by atoms with van der Waals surface area (Å²) in [6, 6.07) is 7.93. The van der Waals surface area contributed by atoms with Gasteiger partial charge in [0.25, 0.3) is 0 Å². The molecule has 0 spiro atoms. The number of benzene rings is 1. The van der Waals surface area contributed by atoms with Crippen LogP contribution in [0, 0.1) is 12.8 Å². The molecule has 1 aliphatic carbocycles. The van der Waals surface area contributed by atoms with E-state index in [4.69, 9.17) is 0 Å². The van der Waals surface area contributed by atoms with Crippen molar-refractivity contribution in [2.24, 2.45) is 5.92 Å². The highest BCUT2D eigenvalue weighted by molar-refractivity contribution is 5.91. The van der Waals surface area contributed by atoms with Gasteiger partial charge >= 0.3 is 0 Å². The summed E-state index contributed by atoms with van der Waals surface area (Å²) in [7, 11) is 0. The first kappa shape index (κ1) is 15.8. The molecule has 0 aromatic heterocycles. The van der Waals surface area contributed by atoms with Crippen LogP contribution in [-0.4, -0.2) is 23.2 Å². The standard InChI is InChI=1S/C18H25NO2/c1-14-6-5-11-18(21,12-14)13-19-17(20)10-9-16-8-4-3-7-15(16)2/h3-4,7-10,14,21H,5-6,11-13H2,1-2H3,(H,19,20). The van der Waals surface area contributed by atoms with Crippen molar-refractivity contribution in [2.45, 2.75) is 45.1 Å². The van der Waals surface area contributed by atoms with Crippen LogP contribution in [0.2, 0.25) is 0 Å². The van der Waals surface area contributed by atoms with Crippen LogP contribution in [-0.2, 0) is 4.79 Å². The van der Waals surface area contributed by atoms with E-state index in [2.05, 4.69) is 12.2 Å². The maximum Gasteiger partial charge on any atom is 0.244 e. The zero-order chi connectivity index (χ0) is 15.3. The van der Waals surface area contributed by atoms with Gasteiger partial charge in [-0.2, -0.15) is 0 Å². The lowest BCUT2D eigenvalue weighted by atomic mass is 9.79. The average molecular weight is 287 g/mol. The van der Waals surface area contributed by atoms with Crippen molar-refractivity contribution in [1.82, 2.24) is 5.32 Å². The van der Waals surface area contributed by atoms with E-state index in [9.17, 15) is 9.90 Å². The molecule has 3 heteroatoms. The summed E-state index contributed by atoms with van der Waals surface area (Å²) in [5.74, 6) is 0.382. The molecule has 1 fully saturated rings. The van der Waals surface area contributed by atoms with E-state index >= 15 is 0 Å². The van der Waals surface area contributed by atoms with Crippen molar-refractivity contribution in [3.05, 3.63) is 41.5 Å². The monoisotopic (exact) mass is 287 g/mol. The fourth-order valence-corrected chi connectivity index (χ4v) is 3.04. The number of hydrogen-bond donors (Lipinski definition) is 2. The number of hydrogen-bond acceptors (Lipinski definition) is 2. The van der Waals surface area contributed by atoms with Crippen LogP contribution in [0.1, 0.15) is 43.7 Å². The summed E-state index contributed by atoms with van der Waals surface area (Å²) in [4.78, 5) is 11.9. The van der Waals surface area contributed by atoms with Crippen molar-refractivity contribution < 1.29 is 9.90 Å². The molecule has 2 atom stereocenters. The first-order valence-electron chi connectivity index (χ1n) is 7.72. The van der Waals surface area contributed by atoms with Crippen molar-refractivity contribution in [3.63, 3.8) is 0 Å². The molecule has 1 amide bonds. The van der Waals surface area contributed by atoms with E-state index in [1.54, 1.807) is 0 Å². The number of aliphatic hydroxyl groups is 1. The second kappa shape index (κ2) is 6.90. The van der Waals surface area contributed by atoms with Crippen molar-refractivity contribution in [3.8, 4) is 0 Å². The number of aryl methyl sites for hydroxylation is 1. The van der Waals surface area contributed by atoms with Gasteiger partial charge in [0.2, 0.25) is 5.91 Å². The summed E-state index contributed by atoms with van der Waals surface area (Å²) < 4.78 is 0. The van der Waals surface area contributed by atoms with Gasteiger partial charge < -0.3 is 10.4 Å². The third-order valence-electron chi connectivity index (χ3n) is 4.26. The van der Waals surface area contributed by atoms with Crippen molar-refractivity contribution in [2.75, 3.05) is 6.54 Å². The van der Waals surface area contributed by atoms with Gasteiger partial charge in [0.1, 0.15) is 0 Å². The first-order chi connectivity index (χ1) is 9.98. The van der Waals surface area contributed by atoms with Gasteiger partial charge in [-0.05, 0) is 42.9 Å². The average Bonchev–Trinajstić information content (AvgIpc) is 2.44. The predicted octanol–water partition coefficient (Wildman–Crippen LogP) is 3.07. The second-order valence-electron chi connectivity index (χ2n) is 6.33. The number of carbonyl (C=O) groups is 1. The highest BCUT2D eigenvalue weighted by Crippen LogP contribution is 2.31. The second-order valence-corrected chi connectivity index (χ2v) is 6.33. The summed E-state index contributed by atoms with van der Waals surface area (Å²) in [6.45, 7) is 4.52. The lowest BCUT2D eigenvalue weighted by Crippen LogP contribution is -2.45. The number of nitrogens with one attached hydrogen (secondary N) is 1. The minimum atomic E-state index is -0.732. The molecule has 1 aromatic rings. The molecule has 2 N–H and O–H groups in total. The van der Waals surface area contributed by atoms with E-state index in [-0.39, 0.29) is 5.91 Å². The summed E-state index contributed by atoms with van der Waals surface area (Å²) in [6.07, 6.45) is 7.11. The molecule has 114 valence electrons. The Labute approximate surface area is 127 Å². The zero-order valence-electron chi connectivity index (χ0n) is 12.9. The summed E-state index contributed by atoms with van der Waals surface area (Å²) in [5, 5.41) is 13.3. The Morgan fingerprint density at radius 1 is 1.48 bits per heavy atom. The lowest BCUT2D eigenvalue weighted by molar-refractivity contribution is -0.118. The van der Waals surface area contributed by atoms with Crippen LogP contribution >= 0.6 is 0 Å². The highest BCUT2D eigenvalue weighted by Gasteiger charge is 2.32. The molecular weight excluding hydrogens is 262 g/mol. The van der Waals surface area contributed by atoms with Crippen LogP contribution in [0.25, 0.3) is 6.08 Å². The van der Waals surface area contributed by atoms with E-state index in [1.807, 2.05) is 37.3 Å². The quantitative estimate of drug-likeness (QED) is 0.836. The predicted molar refractivity (Wildman–Crippen MR) is 85.8 cm³/mol. The largest absolute Gasteiger partial charge is 0.388 e. The third-order valence-corrected chi connectivity index (χ3v) is 4.26. The van der Waals surface area contributed by atoms with Crippen LogP contribution in [0.4, 0.5) is 0 Å². The Hall–Kier alpha value is -1.61. The number of carbonyl (C=O) groups excluding carboxylic acids is 1.